The fraction of sp³-hybridized carbons (Fsp3) is 0.600. The Hall–Kier alpha value is -2.62. The van der Waals surface area contributed by atoms with E-state index in [9.17, 15) is 58.3 Å². The SMILES string of the molecule is CC1=C[N+](OP(=O)(O)O)([C@H]2C[C@H](O)[C@@H](COP(=O)(O)On3c(=O)c(C)cn([C@H]4C[C@H](O)[C@@H](CO)O4)c3=O)O2)C(=O)NC1=O. The van der Waals surface area contributed by atoms with Gasteiger partial charge < -0.3 is 29.4 Å². The van der Waals surface area contributed by atoms with Crippen molar-refractivity contribution in [2.24, 2.45) is 0 Å². The number of urea groups is 1. The number of hydroxylamine groups is 3. The van der Waals surface area contributed by atoms with Crippen molar-refractivity contribution < 1.29 is 76.6 Å². The highest BCUT2D eigenvalue weighted by atomic mass is 31.2. The molecule has 0 spiro atoms. The Balaban J connectivity index is 1.52. The van der Waals surface area contributed by atoms with Crippen molar-refractivity contribution in [1.29, 1.82) is 0 Å². The molecule has 2 saturated heterocycles. The van der Waals surface area contributed by atoms with Crippen molar-refractivity contribution in [2.45, 2.75) is 63.6 Å². The summed E-state index contributed by atoms with van der Waals surface area (Å²) in [6.07, 6.45) is -7.10. The van der Waals surface area contributed by atoms with Crippen LogP contribution in [-0.2, 0) is 32.5 Å². The molecule has 23 heteroatoms. The normalized spacial score (nSPS) is 32.8. The van der Waals surface area contributed by atoms with E-state index < -0.39 is 100.0 Å². The number of amides is 3. The third kappa shape index (κ3) is 6.89. The molecule has 7 N–H and O–H groups in total. The number of ether oxygens (including phenoxy) is 2. The third-order valence-corrected chi connectivity index (χ3v) is 8.01. The number of phosphoric acid groups is 2. The number of carbonyl (C=O) groups excluding carboxylic acids is 2. The van der Waals surface area contributed by atoms with Crippen LogP contribution in [0.1, 0.15) is 31.6 Å². The summed E-state index contributed by atoms with van der Waals surface area (Å²) in [6, 6.07) is -1.37. The minimum absolute atomic E-state index is 0.0798. The zero-order chi connectivity index (χ0) is 32.1. The number of aromatic nitrogens is 2. The molecule has 1 aromatic heterocycles. The van der Waals surface area contributed by atoms with Gasteiger partial charge in [0.1, 0.15) is 18.4 Å². The maximum absolute atomic E-state index is 12.9. The molecule has 1 aromatic rings. The Kier molecular flexibility index (Phi) is 9.33. The van der Waals surface area contributed by atoms with Gasteiger partial charge in [-0.05, 0) is 18.5 Å². The van der Waals surface area contributed by atoms with E-state index in [2.05, 4.69) is 4.62 Å². The third-order valence-electron chi connectivity index (χ3n) is 6.69. The van der Waals surface area contributed by atoms with E-state index in [0.29, 0.717) is 0 Å². The average Bonchev–Trinajstić information content (AvgIpc) is 3.47. The lowest BCUT2D eigenvalue weighted by atomic mass is 10.1. The van der Waals surface area contributed by atoms with Crippen molar-refractivity contribution in [1.82, 2.24) is 14.6 Å². The number of aliphatic hydroxyl groups excluding tert-OH is 3. The van der Waals surface area contributed by atoms with Crippen LogP contribution in [0.3, 0.4) is 0 Å². The molecule has 0 radical (unpaired) electrons. The van der Waals surface area contributed by atoms with Crippen LogP contribution in [0.15, 0.2) is 27.6 Å². The number of quaternary nitrogens is 1. The molecular weight excluding hydrogens is 630 g/mol. The van der Waals surface area contributed by atoms with Gasteiger partial charge in [-0.15, -0.1) is 0 Å². The first kappa shape index (κ1) is 33.3. The Morgan fingerprint density at radius 3 is 2.30 bits per heavy atom. The van der Waals surface area contributed by atoms with E-state index in [1.54, 1.807) is 0 Å². The Morgan fingerprint density at radius 1 is 1.05 bits per heavy atom. The first-order chi connectivity index (χ1) is 19.9. The van der Waals surface area contributed by atoms with Gasteiger partial charge in [0.15, 0.2) is 6.20 Å². The highest BCUT2D eigenvalue weighted by molar-refractivity contribution is 7.47. The van der Waals surface area contributed by atoms with Gasteiger partial charge in [-0.3, -0.25) is 33.4 Å². The summed E-state index contributed by atoms with van der Waals surface area (Å²) >= 11 is 0. The molecule has 3 amide bonds. The summed E-state index contributed by atoms with van der Waals surface area (Å²) in [4.78, 5) is 79.1. The summed E-state index contributed by atoms with van der Waals surface area (Å²) in [5, 5.41) is 31.6. The van der Waals surface area contributed by atoms with Gasteiger partial charge >= 0.3 is 27.4 Å². The Morgan fingerprint density at radius 2 is 1.70 bits per heavy atom. The summed E-state index contributed by atoms with van der Waals surface area (Å²) in [5.74, 6) is -0.890. The minimum atomic E-state index is -5.43. The van der Waals surface area contributed by atoms with E-state index in [0.717, 1.165) is 17.0 Å². The van der Waals surface area contributed by atoms with Crippen LogP contribution in [0.25, 0.3) is 0 Å². The molecule has 4 heterocycles. The predicted molar refractivity (Wildman–Crippen MR) is 134 cm³/mol. The van der Waals surface area contributed by atoms with E-state index in [4.69, 9.17) is 18.6 Å². The number of hydrogen-bond donors (Lipinski definition) is 7. The monoisotopic (exact) mass is 659 g/mol. The standard InChI is InChI=1S/C20H28N4O17P2/c1-9-5-22(15-3-11(26)13(7-25)38-15)20(31)23(18(9)29)40-43(35,36)37-8-14-12(27)4-16(39-14)24(41-42(32,33)34)6-10(2)17(28)21-19(24)30/h5-6,11-16,25-27H,3-4,7-8H2,1-2H3,(H3-,21,28,30,32,33,34,35,36)/p+1/t11-,12-,13+,14+,15+,16+,24?/m0/s1. The Bertz CT molecular complexity index is 1540. The van der Waals surface area contributed by atoms with E-state index in [1.165, 1.54) is 13.8 Å². The summed E-state index contributed by atoms with van der Waals surface area (Å²) in [5.41, 5.74) is -2.79. The second-order valence-corrected chi connectivity index (χ2v) is 12.4. The van der Waals surface area contributed by atoms with Gasteiger partial charge in [0.05, 0.1) is 37.4 Å². The number of carbonyl (C=O) groups is 2. The molecule has 0 bridgehead atoms. The van der Waals surface area contributed by atoms with Crippen molar-refractivity contribution in [3.05, 3.63) is 44.4 Å². The van der Waals surface area contributed by atoms with Crippen LogP contribution >= 0.6 is 15.6 Å². The van der Waals surface area contributed by atoms with Crippen molar-refractivity contribution in [3.63, 3.8) is 0 Å². The van der Waals surface area contributed by atoms with Crippen molar-refractivity contribution in [3.8, 4) is 0 Å². The topological polar surface area (TPSA) is 292 Å². The van der Waals surface area contributed by atoms with Gasteiger partial charge in [-0.25, -0.2) is 24.0 Å². The van der Waals surface area contributed by atoms with Gasteiger partial charge in [0.2, 0.25) is 6.23 Å². The molecule has 2 fully saturated rings. The molecule has 3 aliphatic rings. The van der Waals surface area contributed by atoms with E-state index >= 15 is 0 Å². The van der Waals surface area contributed by atoms with E-state index in [1.807, 2.05) is 5.32 Å². The summed E-state index contributed by atoms with van der Waals surface area (Å²) in [7, 11) is -10.8. The summed E-state index contributed by atoms with van der Waals surface area (Å²) < 4.78 is 48.4. The Labute approximate surface area is 240 Å². The van der Waals surface area contributed by atoms with Crippen LogP contribution in [0, 0.1) is 6.92 Å². The largest absolute Gasteiger partial charge is 0.546 e. The molecule has 240 valence electrons. The first-order valence-corrected chi connectivity index (χ1v) is 15.4. The number of aliphatic hydroxyl groups is 3. The molecular formula is C20H29N4O17P2+. The molecule has 8 atom stereocenters. The molecule has 2 unspecified atom stereocenters. The maximum Gasteiger partial charge on any atom is 0.546 e. The lowest BCUT2D eigenvalue weighted by molar-refractivity contribution is -1.01. The molecule has 0 aromatic carbocycles. The summed E-state index contributed by atoms with van der Waals surface area (Å²) in [6.45, 7) is 0.908. The number of hydrogen-bond acceptors (Lipinski definition) is 14. The number of nitrogens with zero attached hydrogens (tertiary/aromatic N) is 3. The molecule has 43 heavy (non-hydrogen) atoms. The predicted octanol–water partition coefficient (Wildman–Crippen LogP) is -3.02. The average molecular weight is 659 g/mol. The number of aryl methyl sites for hydroxylation is 1. The second kappa shape index (κ2) is 12.1. The molecule has 0 saturated carbocycles. The van der Waals surface area contributed by atoms with Crippen molar-refractivity contribution in [2.75, 3.05) is 13.2 Å². The number of rotatable bonds is 10. The molecule has 21 nitrogen and oxygen atoms in total. The lowest BCUT2D eigenvalue weighted by Gasteiger charge is -2.34. The van der Waals surface area contributed by atoms with Crippen LogP contribution in [0.2, 0.25) is 0 Å². The highest BCUT2D eigenvalue weighted by Crippen LogP contribution is 2.46. The van der Waals surface area contributed by atoms with Crippen LogP contribution in [-0.4, -0.2) is 99.7 Å². The van der Waals surface area contributed by atoms with Crippen molar-refractivity contribution >= 4 is 27.6 Å². The quantitative estimate of drug-likeness (QED) is 0.0971. The van der Waals surface area contributed by atoms with E-state index in [-0.39, 0.29) is 22.3 Å². The van der Waals surface area contributed by atoms with Gasteiger partial charge in [0, 0.05) is 18.2 Å². The lowest BCUT2D eigenvalue weighted by Crippen LogP contribution is -2.62. The second-order valence-electron chi connectivity index (χ2n) is 9.85. The number of nitrogens with one attached hydrogen (secondary N) is 1. The minimum Gasteiger partial charge on any atom is -0.394 e. The zero-order valence-electron chi connectivity index (χ0n) is 22.4. The fourth-order valence-electron chi connectivity index (χ4n) is 4.59. The van der Waals surface area contributed by atoms with Crippen LogP contribution in [0.5, 0.6) is 0 Å². The smallest absolute Gasteiger partial charge is 0.394 e. The van der Waals surface area contributed by atoms with Gasteiger partial charge in [0.25, 0.3) is 11.5 Å². The van der Waals surface area contributed by atoms with Gasteiger partial charge in [-0.2, -0.15) is 0 Å². The molecule has 3 aliphatic heterocycles. The number of imide groups is 1. The number of phosphoric ester groups is 1. The fourth-order valence-corrected chi connectivity index (χ4v) is 5.90. The van der Waals surface area contributed by atoms with Crippen LogP contribution in [0.4, 0.5) is 4.79 Å². The maximum atomic E-state index is 12.9. The molecule has 0 aliphatic carbocycles. The van der Waals surface area contributed by atoms with Gasteiger partial charge in [-0.1, -0.05) is 9.35 Å². The first-order valence-electron chi connectivity index (χ1n) is 12.4. The van der Waals surface area contributed by atoms with Crippen LogP contribution < -0.4 is 21.2 Å². The highest BCUT2D eigenvalue weighted by Gasteiger charge is 2.59. The molecule has 4 rings (SSSR count). The zero-order valence-corrected chi connectivity index (χ0v) is 24.1.